The normalized spacial score (nSPS) is 18.0. The molecule has 0 fully saturated rings. The molecule has 2 heterocycles. The van der Waals surface area contributed by atoms with Gasteiger partial charge in [0, 0.05) is 11.5 Å². The third-order valence-electron chi connectivity index (χ3n) is 4.79. The number of aliphatic hydroxyl groups excluding tert-OH is 1. The Morgan fingerprint density at radius 2 is 1.79 bits per heavy atom. The van der Waals surface area contributed by atoms with Gasteiger partial charge < -0.3 is 9.67 Å². The van der Waals surface area contributed by atoms with Crippen molar-refractivity contribution in [2.24, 2.45) is 17.8 Å². The van der Waals surface area contributed by atoms with E-state index < -0.39 is 0 Å². The molecule has 0 amide bonds. The van der Waals surface area contributed by atoms with Crippen LogP contribution in [0.4, 0.5) is 0 Å². The molecular formula is C21H32N2O. The molecule has 2 unspecified atom stereocenters. The molecule has 2 aromatic rings. The Kier molecular flexibility index (Phi) is 6.22. The lowest BCUT2D eigenvalue weighted by molar-refractivity contribution is 0.0364. The molecule has 0 aliphatic carbocycles. The van der Waals surface area contributed by atoms with E-state index in [4.69, 9.17) is 0 Å². The van der Waals surface area contributed by atoms with Crippen molar-refractivity contribution in [1.29, 1.82) is 0 Å². The minimum atomic E-state index is -0.311. The van der Waals surface area contributed by atoms with Crippen LogP contribution in [0, 0.1) is 17.8 Å². The number of benzene rings is 1. The predicted molar refractivity (Wildman–Crippen MR) is 101 cm³/mol. The van der Waals surface area contributed by atoms with Crippen LogP contribution in [0.3, 0.4) is 0 Å². The lowest BCUT2D eigenvalue weighted by atomic mass is 9.79. The first-order valence-corrected chi connectivity index (χ1v) is 9.30. The molecule has 0 saturated heterocycles. The highest BCUT2D eigenvalue weighted by Gasteiger charge is 2.38. The summed E-state index contributed by atoms with van der Waals surface area (Å²) in [7, 11) is 0. The van der Waals surface area contributed by atoms with Crippen LogP contribution in [0.2, 0.25) is 0 Å². The second-order valence-corrected chi connectivity index (χ2v) is 7.25. The first-order chi connectivity index (χ1) is 11.5. The lowest BCUT2D eigenvalue weighted by Crippen LogP contribution is -2.34. The minimum Gasteiger partial charge on any atom is -0.392 e. The monoisotopic (exact) mass is 328 g/mol. The maximum Gasteiger partial charge on any atom is 0.0956 e. The van der Waals surface area contributed by atoms with Crippen LogP contribution < -0.4 is 0 Å². The number of hydrogen-bond acceptors (Lipinski definition) is 2. The molecule has 3 nitrogen and oxygen atoms in total. The average molecular weight is 329 g/mol. The Morgan fingerprint density at radius 3 is 2.42 bits per heavy atom. The Balaban J connectivity index is 0.00000100. The van der Waals surface area contributed by atoms with Gasteiger partial charge in [0.1, 0.15) is 0 Å². The average Bonchev–Trinajstić information content (AvgIpc) is 3.14. The van der Waals surface area contributed by atoms with Gasteiger partial charge in [-0.05, 0) is 23.8 Å². The first kappa shape index (κ1) is 18.7. The molecule has 0 spiro atoms. The van der Waals surface area contributed by atoms with E-state index in [0.29, 0.717) is 5.92 Å². The Hall–Kier alpha value is -1.61. The Bertz CT molecular complexity index is 645. The summed E-state index contributed by atoms with van der Waals surface area (Å²) in [6, 6.07) is 8.73. The molecule has 24 heavy (non-hydrogen) atoms. The van der Waals surface area contributed by atoms with Crippen molar-refractivity contribution in [3.63, 3.8) is 0 Å². The summed E-state index contributed by atoms with van der Waals surface area (Å²) in [4.78, 5) is 4.34. The first-order valence-electron chi connectivity index (χ1n) is 9.30. The van der Waals surface area contributed by atoms with E-state index in [9.17, 15) is 5.11 Å². The molecule has 1 N–H and O–H groups in total. The summed E-state index contributed by atoms with van der Waals surface area (Å²) in [5, 5.41) is 10.9. The zero-order valence-electron chi connectivity index (χ0n) is 15.9. The summed E-state index contributed by atoms with van der Waals surface area (Å²) in [6.45, 7) is 12.7. The molecular weight excluding hydrogens is 296 g/mol. The molecule has 3 rings (SSSR count). The Labute approximate surface area is 146 Å². The number of aliphatic hydroxyl groups is 1. The standard InChI is InChI=1S/C19H26N2O.C2H6/c1-12(2)9-16(19(22)13(3)4)18-15-8-6-5-7-14(15)17-10-20-11-21(17)18;1-2/h5-8,10-13,16,18-19,22H,9H2,1-4H3;1-2H3/t16?,18?,19-;/m1./s1. The van der Waals surface area contributed by atoms with Crippen LogP contribution >= 0.6 is 0 Å². The van der Waals surface area contributed by atoms with Gasteiger partial charge in [0.2, 0.25) is 0 Å². The number of rotatable bonds is 5. The number of fused-ring (bicyclic) bond motifs is 3. The van der Waals surface area contributed by atoms with Gasteiger partial charge in [0.15, 0.2) is 0 Å². The SMILES string of the molecule is CC.CC(C)CC(C1c2ccccc2-c2cncn21)[C@H](O)C(C)C. The highest BCUT2D eigenvalue weighted by Crippen LogP contribution is 2.46. The molecule has 1 aromatic carbocycles. The molecule has 3 atom stereocenters. The van der Waals surface area contributed by atoms with Crippen LogP contribution in [0.5, 0.6) is 0 Å². The van der Waals surface area contributed by atoms with Crippen molar-refractivity contribution in [3.05, 3.63) is 42.4 Å². The smallest absolute Gasteiger partial charge is 0.0956 e. The number of nitrogens with zero attached hydrogens (tertiary/aromatic N) is 2. The fourth-order valence-corrected chi connectivity index (χ4v) is 3.80. The summed E-state index contributed by atoms with van der Waals surface area (Å²) < 4.78 is 2.25. The highest BCUT2D eigenvalue weighted by molar-refractivity contribution is 5.69. The highest BCUT2D eigenvalue weighted by atomic mass is 16.3. The molecule has 1 aromatic heterocycles. The lowest BCUT2D eigenvalue weighted by Gasteiger charge is -2.33. The van der Waals surface area contributed by atoms with E-state index in [1.165, 1.54) is 16.8 Å². The molecule has 3 heteroatoms. The van der Waals surface area contributed by atoms with Crippen LogP contribution in [0.25, 0.3) is 11.3 Å². The zero-order chi connectivity index (χ0) is 17.9. The second-order valence-electron chi connectivity index (χ2n) is 7.25. The van der Waals surface area contributed by atoms with E-state index in [0.717, 1.165) is 6.42 Å². The van der Waals surface area contributed by atoms with E-state index in [-0.39, 0.29) is 24.0 Å². The van der Waals surface area contributed by atoms with Crippen molar-refractivity contribution < 1.29 is 5.11 Å². The van der Waals surface area contributed by atoms with Gasteiger partial charge in [0.25, 0.3) is 0 Å². The summed E-state index contributed by atoms with van der Waals surface area (Å²) in [5.41, 5.74) is 3.75. The van der Waals surface area contributed by atoms with Crippen LogP contribution in [0.15, 0.2) is 36.8 Å². The molecule has 132 valence electrons. The van der Waals surface area contributed by atoms with Crippen molar-refractivity contribution in [2.75, 3.05) is 0 Å². The number of hydrogen-bond donors (Lipinski definition) is 1. The minimum absolute atomic E-state index is 0.188. The maximum atomic E-state index is 10.9. The largest absolute Gasteiger partial charge is 0.392 e. The summed E-state index contributed by atoms with van der Waals surface area (Å²) in [6.07, 6.45) is 4.55. The van der Waals surface area contributed by atoms with Crippen molar-refractivity contribution >= 4 is 0 Å². The molecule has 0 saturated carbocycles. The Morgan fingerprint density at radius 1 is 1.12 bits per heavy atom. The van der Waals surface area contributed by atoms with Gasteiger partial charge >= 0.3 is 0 Å². The predicted octanol–water partition coefficient (Wildman–Crippen LogP) is 5.16. The van der Waals surface area contributed by atoms with Gasteiger partial charge in [-0.3, -0.25) is 0 Å². The topological polar surface area (TPSA) is 38.0 Å². The van der Waals surface area contributed by atoms with Gasteiger partial charge in [-0.15, -0.1) is 0 Å². The molecule has 0 bridgehead atoms. The van der Waals surface area contributed by atoms with Gasteiger partial charge in [-0.25, -0.2) is 4.98 Å². The maximum absolute atomic E-state index is 10.9. The van der Waals surface area contributed by atoms with E-state index in [2.05, 4.69) is 61.5 Å². The van der Waals surface area contributed by atoms with E-state index in [1.54, 1.807) is 0 Å². The summed E-state index contributed by atoms with van der Waals surface area (Å²) in [5.74, 6) is 1.01. The molecule has 1 aliphatic heterocycles. The van der Waals surface area contributed by atoms with Crippen LogP contribution in [0.1, 0.15) is 59.6 Å². The quantitative estimate of drug-likeness (QED) is 0.823. The van der Waals surface area contributed by atoms with E-state index >= 15 is 0 Å². The zero-order valence-corrected chi connectivity index (χ0v) is 15.9. The fourth-order valence-electron chi connectivity index (χ4n) is 3.80. The van der Waals surface area contributed by atoms with Gasteiger partial charge in [-0.1, -0.05) is 65.8 Å². The number of imidazole rings is 1. The summed E-state index contributed by atoms with van der Waals surface area (Å²) >= 11 is 0. The third-order valence-corrected chi connectivity index (χ3v) is 4.79. The van der Waals surface area contributed by atoms with E-state index in [1.807, 2.05) is 26.4 Å². The van der Waals surface area contributed by atoms with Gasteiger partial charge in [-0.2, -0.15) is 0 Å². The molecule has 0 radical (unpaired) electrons. The van der Waals surface area contributed by atoms with Crippen molar-refractivity contribution in [2.45, 2.75) is 60.1 Å². The van der Waals surface area contributed by atoms with Crippen molar-refractivity contribution in [3.8, 4) is 11.3 Å². The van der Waals surface area contributed by atoms with Crippen LogP contribution in [-0.2, 0) is 0 Å². The van der Waals surface area contributed by atoms with Crippen LogP contribution in [-0.4, -0.2) is 20.8 Å². The molecule has 1 aliphatic rings. The second kappa shape index (κ2) is 7.98. The fraction of sp³-hybridized carbons (Fsp3) is 0.571. The van der Waals surface area contributed by atoms with Gasteiger partial charge in [0.05, 0.1) is 30.4 Å². The number of aromatic nitrogens is 2. The third kappa shape index (κ3) is 3.41. The van der Waals surface area contributed by atoms with Crippen molar-refractivity contribution in [1.82, 2.24) is 9.55 Å².